The van der Waals surface area contributed by atoms with Crippen LogP contribution in [-0.2, 0) is 99.5 Å². The fourth-order valence-electron chi connectivity index (χ4n) is 12.9. The van der Waals surface area contributed by atoms with Gasteiger partial charge in [-0.3, -0.25) is 0 Å². The summed E-state index contributed by atoms with van der Waals surface area (Å²) < 4.78 is 164. The molecule has 36 heteroatoms. The van der Waals surface area contributed by atoms with E-state index < -0.39 is 143 Å². The van der Waals surface area contributed by atoms with E-state index in [0.29, 0.717) is 43.8 Å². The Morgan fingerprint density at radius 2 is 0.860 bits per heavy atom. The van der Waals surface area contributed by atoms with Gasteiger partial charge < -0.3 is 99.5 Å². The van der Waals surface area contributed by atoms with E-state index in [0.717, 1.165) is 37.7 Å². The Kier molecular flexibility index (Phi) is 37.3. The zero-order valence-corrected chi connectivity index (χ0v) is 73.2. The Hall–Kier alpha value is -9.95. The molecule has 0 bridgehead atoms. The lowest BCUT2D eigenvalue weighted by Crippen LogP contribution is -2.45. The molecule has 10 saturated heterocycles. The zero-order chi connectivity index (χ0) is 91.7. The number of carbonyl (C=O) groups excluding carboxylic acids is 10. The first-order valence-electron chi connectivity index (χ1n) is 40.4. The molecule has 19 unspecified atom stereocenters. The second-order valence-corrected chi connectivity index (χ2v) is 31.9. The maximum Gasteiger partial charge on any atom is 0.511 e. The van der Waals surface area contributed by atoms with Crippen molar-refractivity contribution < 1.29 is 169 Å². The van der Waals surface area contributed by atoms with Crippen LogP contribution in [0.1, 0.15) is 265 Å². The van der Waals surface area contributed by atoms with Crippen LogP contribution in [0.4, 0.5) is 69.9 Å². The number of rotatable bonds is 15. The van der Waals surface area contributed by atoms with Crippen molar-refractivity contribution >= 4 is 61.6 Å². The first-order valence-corrected chi connectivity index (χ1v) is 40.4. The summed E-state index contributed by atoms with van der Waals surface area (Å²) in [6.07, 6.45) is 1.58. The van der Waals surface area contributed by atoms with Crippen LogP contribution in [0.5, 0.6) is 0 Å². The Morgan fingerprint density at radius 3 is 1.24 bits per heavy atom. The van der Waals surface area contributed by atoms with Gasteiger partial charge in [-0.1, -0.05) is 143 Å². The van der Waals surface area contributed by atoms with Gasteiger partial charge in [-0.25, -0.2) is 52.3 Å². The fourth-order valence-corrected chi connectivity index (χ4v) is 12.9. The molecule has 13 rings (SSSR count). The van der Waals surface area contributed by atoms with Crippen LogP contribution in [0.2, 0.25) is 0 Å². The lowest BCUT2D eigenvalue weighted by molar-refractivity contribution is -0.218. The van der Waals surface area contributed by atoms with Crippen LogP contribution in [0.25, 0.3) is 0 Å². The van der Waals surface area contributed by atoms with Crippen LogP contribution in [0, 0.1) is 24.1 Å². The molecule has 0 spiro atoms. The second-order valence-electron chi connectivity index (χ2n) is 31.9. The molecule has 19 atom stereocenters. The molecule has 10 heterocycles. The van der Waals surface area contributed by atoms with Gasteiger partial charge in [-0.15, -0.1) is 6.42 Å². The molecule has 11 aliphatic rings. The number of ether oxygens (including phenoxy) is 21. The molecule has 2 aromatic rings. The average molecular weight is 1730 g/mol. The molecule has 0 N–H and O–H groups in total. The topological polar surface area (TPSA) is 365 Å². The van der Waals surface area contributed by atoms with Gasteiger partial charge in [0, 0.05) is 13.0 Å². The second kappa shape index (κ2) is 43.7. The number of benzene rings is 2. The van der Waals surface area contributed by atoms with E-state index in [1.165, 1.54) is 72.1 Å². The SMILES string of the molecule is C#CC1OC(=O)OC1(C)CC.C=CC1OC(=O)OC1(C)CC.CCC1(C)COC(=O)O1.CCC1(C)OC(=O)OC1C.CCC1(C)OC(=O)OC1C(F)(F)F.CCC1(C)OC(=O)OC1C1CCCCC1.CCC1(C)OC(=O)OC1F.CCC1(C)OC(=O)OC1OC.CCC1(C)OC(=O)OC1c1cccc(F)c1.CCC1(C)OC(=O)OC1c1ccccc1. The molecule has 682 valence electrons. The van der Waals surface area contributed by atoms with Gasteiger partial charge in [-0.05, 0) is 183 Å². The molecule has 1 saturated carbocycles. The summed E-state index contributed by atoms with van der Waals surface area (Å²) in [4.78, 5) is 107. The smallest absolute Gasteiger partial charge is 0.430 e. The van der Waals surface area contributed by atoms with E-state index in [1.54, 1.807) is 45.9 Å². The normalized spacial score (nSPS) is 34.6. The summed E-state index contributed by atoms with van der Waals surface area (Å²) >= 11 is 0. The average Bonchev–Trinajstić information content (AvgIpc) is 1.69. The highest BCUT2D eigenvalue weighted by Crippen LogP contribution is 2.45. The molecular formula is C85H121F5O31. The van der Waals surface area contributed by atoms with Gasteiger partial charge in [0.1, 0.15) is 41.4 Å². The quantitative estimate of drug-likeness (QED) is 0.0525. The summed E-state index contributed by atoms with van der Waals surface area (Å²) in [6, 6.07) is 15.7. The third-order valence-corrected chi connectivity index (χ3v) is 23.2. The Morgan fingerprint density at radius 1 is 0.446 bits per heavy atom. The lowest BCUT2D eigenvalue weighted by Gasteiger charge is -2.33. The number of carbonyl (C=O) groups is 10. The van der Waals surface area contributed by atoms with Crippen molar-refractivity contribution in [1.82, 2.24) is 0 Å². The van der Waals surface area contributed by atoms with Crippen LogP contribution < -0.4 is 0 Å². The van der Waals surface area contributed by atoms with E-state index >= 15 is 0 Å². The molecule has 11 fully saturated rings. The van der Waals surface area contributed by atoms with Gasteiger partial charge in [0.25, 0.3) is 6.36 Å². The van der Waals surface area contributed by atoms with E-state index in [4.69, 9.17) is 82.2 Å². The highest BCUT2D eigenvalue weighted by atomic mass is 19.4. The highest BCUT2D eigenvalue weighted by molar-refractivity contribution is 5.67. The maximum absolute atomic E-state index is 13.1. The summed E-state index contributed by atoms with van der Waals surface area (Å²) in [6.45, 7) is 42.2. The van der Waals surface area contributed by atoms with Crippen LogP contribution in [0.15, 0.2) is 67.3 Å². The van der Waals surface area contributed by atoms with Crippen LogP contribution in [0.3, 0.4) is 0 Å². The maximum atomic E-state index is 13.1. The minimum Gasteiger partial charge on any atom is -0.430 e. The van der Waals surface area contributed by atoms with Gasteiger partial charge >= 0.3 is 67.7 Å². The first kappa shape index (κ1) is 103. The minimum absolute atomic E-state index is 0.0182. The summed E-state index contributed by atoms with van der Waals surface area (Å²) in [5, 5.41) is 0. The Balaban J connectivity index is 0.000000284. The van der Waals surface area contributed by atoms with Crippen LogP contribution >= 0.6 is 0 Å². The number of halogens is 5. The number of hydrogen-bond donors (Lipinski definition) is 0. The van der Waals surface area contributed by atoms with Gasteiger partial charge in [0.2, 0.25) is 18.5 Å². The Labute approximate surface area is 703 Å². The molecular weight excluding hydrogens is 1610 g/mol. The number of terminal acetylenes is 1. The van der Waals surface area contributed by atoms with Crippen molar-refractivity contribution in [3.8, 4) is 12.3 Å². The zero-order valence-electron chi connectivity index (χ0n) is 73.2. The van der Waals surface area contributed by atoms with Gasteiger partial charge in [0.05, 0.1) is 0 Å². The standard InChI is InChI=1S/C12H13FO3.C12H20O3.C12H14O3.C8H12O3.C8H10O3.C7H9F3O3.C7H12O4.C7H12O3.C6H9FO3.C6H10O3/c1-3-12(2)10(15-11(14)16-12)8-5-4-6-9(13)7-8;2*1-3-12(2)10(14-11(13)15-12)9-7-5-4-6-8-9;2*1-4-6-8(3,5-2)11-7(9)10-6;1-3-6(2)4(7(8,9)10)12-5(11)13-6;1-4-7(2)5(9-3)10-6(8)11-7;1-4-7(3)5(2)9-6(8)10-7;1-3-6(2)4(7)9-5(8)10-6;1-3-6(2)4-8-5(7)9-6/h4-7,10H,3H2,1-2H3;9-10H,3-8H2,1-2H3;4-8,10H,3H2,1-2H3;4,6H,1,5H2,2-3H3;1,6H,5H2,2-3H3;4H,3H2,1-2H3;5H,4H2,1-3H3;5H,4H2,1-3H3;4H,3H2,1-2H3;3-4H2,1-2H3. The fraction of sp³-hybridized carbons (Fsp3) is 0.694. The minimum atomic E-state index is -4.57. The monoisotopic (exact) mass is 1730 g/mol. The highest BCUT2D eigenvalue weighted by Gasteiger charge is 2.61. The van der Waals surface area contributed by atoms with Gasteiger partial charge in [0.15, 0.2) is 57.5 Å². The molecule has 121 heavy (non-hydrogen) atoms. The predicted molar refractivity (Wildman–Crippen MR) is 418 cm³/mol. The number of alkyl halides is 4. The summed E-state index contributed by atoms with van der Waals surface area (Å²) in [7, 11) is 1.49. The molecule has 2 aromatic carbocycles. The molecule has 1 aliphatic carbocycles. The Bertz CT molecular complexity index is 3820. The van der Waals surface area contributed by atoms with E-state index in [9.17, 15) is 69.9 Å². The van der Waals surface area contributed by atoms with Crippen molar-refractivity contribution in [1.29, 1.82) is 0 Å². The first-order chi connectivity index (χ1) is 56.3. The number of cyclic esters (lactones) is 20. The van der Waals surface area contributed by atoms with Crippen molar-refractivity contribution in [2.75, 3.05) is 13.7 Å². The third kappa shape index (κ3) is 27.5. The van der Waals surface area contributed by atoms with Gasteiger partial charge in [-0.2, -0.15) is 17.6 Å². The molecule has 0 aromatic heterocycles. The predicted octanol–water partition coefficient (Wildman–Crippen LogP) is 20.9. The third-order valence-electron chi connectivity index (χ3n) is 23.2. The summed E-state index contributed by atoms with van der Waals surface area (Å²) in [5.74, 6) is 2.53. The van der Waals surface area contributed by atoms with Crippen LogP contribution in [-0.4, -0.2) is 181 Å². The molecule has 0 radical (unpaired) electrons. The van der Waals surface area contributed by atoms with E-state index in [1.807, 2.05) is 120 Å². The van der Waals surface area contributed by atoms with Crippen molar-refractivity contribution in [3.63, 3.8) is 0 Å². The number of methoxy groups -OCH3 is 1. The van der Waals surface area contributed by atoms with Crippen molar-refractivity contribution in [3.05, 3.63) is 84.2 Å². The molecule has 0 amide bonds. The van der Waals surface area contributed by atoms with Crippen molar-refractivity contribution in [2.45, 2.75) is 359 Å². The molecule has 10 aliphatic heterocycles. The molecule has 31 nitrogen and oxygen atoms in total. The van der Waals surface area contributed by atoms with E-state index in [-0.39, 0.29) is 47.9 Å². The van der Waals surface area contributed by atoms with E-state index in [2.05, 4.69) is 43.1 Å². The largest absolute Gasteiger partial charge is 0.511 e. The lowest BCUT2D eigenvalue weighted by atomic mass is 9.78. The summed E-state index contributed by atoms with van der Waals surface area (Å²) in [5.41, 5.74) is -5.25. The van der Waals surface area contributed by atoms with Crippen molar-refractivity contribution in [2.24, 2.45) is 5.92 Å². The number of hydrogen-bond acceptors (Lipinski definition) is 31.